The molecule has 1 spiro atoms. The van der Waals surface area contributed by atoms with Crippen molar-refractivity contribution in [2.75, 3.05) is 37.3 Å². The minimum absolute atomic E-state index is 0.116. The fraction of sp³-hybridized carbons (Fsp3) is 0.478. The number of aromatic nitrogens is 2. The molecule has 2 aromatic heterocycles. The molecule has 0 amide bonds. The smallest absolute Gasteiger partial charge is 0.213 e. The lowest BCUT2D eigenvalue weighted by Crippen LogP contribution is -2.31. The van der Waals surface area contributed by atoms with Crippen molar-refractivity contribution >= 4 is 49.2 Å². The van der Waals surface area contributed by atoms with Crippen LogP contribution in [0.2, 0.25) is 0 Å². The molecule has 1 aromatic carbocycles. The van der Waals surface area contributed by atoms with Gasteiger partial charge in [0.2, 0.25) is 10.0 Å². The minimum atomic E-state index is -3.50. The van der Waals surface area contributed by atoms with Gasteiger partial charge < -0.3 is 4.90 Å². The number of anilines is 1. The highest BCUT2D eigenvalue weighted by atomic mass is 32.2. The largest absolute Gasteiger partial charge is 0.355 e. The highest BCUT2D eigenvalue weighted by Gasteiger charge is 2.44. The van der Waals surface area contributed by atoms with Gasteiger partial charge in [0.05, 0.1) is 11.1 Å². The lowest BCUT2D eigenvalue weighted by atomic mass is 9.86. The summed E-state index contributed by atoms with van der Waals surface area (Å²) in [5.41, 5.74) is 2.25. The zero-order chi connectivity index (χ0) is 23.1. The molecule has 176 valence electrons. The number of thioether (sulfide) groups is 1. The molecule has 4 heterocycles. The van der Waals surface area contributed by atoms with E-state index in [4.69, 9.17) is 5.14 Å². The lowest BCUT2D eigenvalue weighted by molar-refractivity contribution is 0.270. The maximum absolute atomic E-state index is 11.3. The van der Waals surface area contributed by atoms with E-state index in [0.29, 0.717) is 5.41 Å². The van der Waals surface area contributed by atoms with Crippen LogP contribution in [0.1, 0.15) is 28.8 Å². The first kappa shape index (κ1) is 23.0. The van der Waals surface area contributed by atoms with Gasteiger partial charge in [-0.3, -0.25) is 4.90 Å². The summed E-state index contributed by atoms with van der Waals surface area (Å²) in [6.45, 7) is 5.13. The van der Waals surface area contributed by atoms with Crippen LogP contribution in [-0.2, 0) is 28.1 Å². The van der Waals surface area contributed by atoms with Crippen molar-refractivity contribution in [3.05, 3.63) is 52.7 Å². The van der Waals surface area contributed by atoms with Gasteiger partial charge in [-0.15, -0.1) is 11.3 Å². The first-order valence-electron chi connectivity index (χ1n) is 11.1. The quantitative estimate of drug-likeness (QED) is 0.528. The Bertz CT molecular complexity index is 1240. The van der Waals surface area contributed by atoms with Gasteiger partial charge in [0, 0.05) is 42.2 Å². The highest BCUT2D eigenvalue weighted by molar-refractivity contribution is 7.97. The third-order valence-electron chi connectivity index (χ3n) is 6.70. The monoisotopic (exact) mass is 503 g/mol. The second-order valence-corrected chi connectivity index (χ2v) is 12.9. The minimum Gasteiger partial charge on any atom is -0.355 e. The average Bonchev–Trinajstić information content (AvgIpc) is 3.47. The van der Waals surface area contributed by atoms with Crippen LogP contribution in [-0.4, -0.2) is 55.7 Å². The van der Waals surface area contributed by atoms with Crippen molar-refractivity contribution in [1.82, 2.24) is 14.9 Å². The van der Waals surface area contributed by atoms with Crippen molar-refractivity contribution in [3.63, 3.8) is 0 Å². The van der Waals surface area contributed by atoms with E-state index >= 15 is 0 Å². The summed E-state index contributed by atoms with van der Waals surface area (Å²) >= 11 is 3.61. The van der Waals surface area contributed by atoms with E-state index in [1.165, 1.54) is 28.7 Å². The first-order chi connectivity index (χ1) is 15.8. The zero-order valence-corrected chi connectivity index (χ0v) is 21.2. The Morgan fingerprint density at radius 3 is 2.64 bits per heavy atom. The molecule has 2 aliphatic heterocycles. The van der Waals surface area contributed by atoms with Crippen LogP contribution in [0.15, 0.2) is 36.7 Å². The zero-order valence-electron chi connectivity index (χ0n) is 18.7. The summed E-state index contributed by atoms with van der Waals surface area (Å²) < 4.78 is 22.6. The predicted molar refractivity (Wildman–Crippen MR) is 137 cm³/mol. The first-order valence-corrected chi connectivity index (χ1v) is 15.0. The number of primary sulfonamides is 1. The number of rotatable bonds is 7. The van der Waals surface area contributed by atoms with Gasteiger partial charge in [-0.25, -0.2) is 23.5 Å². The Kier molecular flexibility index (Phi) is 6.39. The molecule has 10 heteroatoms. The molecule has 7 nitrogen and oxygen atoms in total. The van der Waals surface area contributed by atoms with Crippen LogP contribution in [0, 0.1) is 5.41 Å². The molecule has 2 N–H and O–H groups in total. The van der Waals surface area contributed by atoms with E-state index in [-0.39, 0.29) is 5.75 Å². The van der Waals surface area contributed by atoms with Crippen molar-refractivity contribution in [3.8, 4) is 0 Å². The molecule has 2 fully saturated rings. The van der Waals surface area contributed by atoms with Crippen LogP contribution in [0.25, 0.3) is 10.2 Å². The normalized spacial score (nSPS) is 21.6. The molecule has 5 rings (SSSR count). The van der Waals surface area contributed by atoms with Crippen molar-refractivity contribution in [1.29, 1.82) is 0 Å². The fourth-order valence-corrected chi connectivity index (χ4v) is 7.60. The molecule has 1 unspecified atom stereocenters. The topological polar surface area (TPSA) is 92.4 Å². The molecule has 0 aliphatic carbocycles. The van der Waals surface area contributed by atoms with Crippen LogP contribution >= 0.6 is 23.1 Å². The van der Waals surface area contributed by atoms with E-state index < -0.39 is 10.0 Å². The van der Waals surface area contributed by atoms with Gasteiger partial charge in [-0.05, 0) is 42.8 Å². The second kappa shape index (κ2) is 9.14. The van der Waals surface area contributed by atoms with Gasteiger partial charge in [0.1, 0.15) is 17.0 Å². The Morgan fingerprint density at radius 2 is 1.88 bits per heavy atom. The molecular formula is C23H29N5O2S3. The average molecular weight is 504 g/mol. The van der Waals surface area contributed by atoms with E-state index in [9.17, 15) is 8.42 Å². The van der Waals surface area contributed by atoms with Gasteiger partial charge in [-0.2, -0.15) is 11.8 Å². The standard InChI is InChI=1S/C23H29N5O2S3/c1-31-12-19-10-20-21(25-16-26-22(20)32-19)28-9-7-23(15-28)6-8-27(14-23)11-17-2-4-18(5-3-17)13-33(24,29)30/h2-5,10,16H,6-9,11-15H2,1H3,(H2,24,29,30). The van der Waals surface area contributed by atoms with Gasteiger partial charge >= 0.3 is 0 Å². The molecule has 0 radical (unpaired) electrons. The van der Waals surface area contributed by atoms with Gasteiger partial charge in [0.15, 0.2) is 0 Å². The SMILES string of the molecule is CSCc1cc2c(N3CCC4(CCN(Cc5ccc(CS(N)(=O)=O)cc5)C4)C3)ncnc2s1. The number of nitrogens with two attached hydrogens (primary N) is 1. The maximum Gasteiger partial charge on any atom is 0.213 e. The van der Waals surface area contributed by atoms with Crippen LogP contribution in [0.3, 0.4) is 0 Å². The molecule has 0 saturated carbocycles. The Labute approximate surface area is 203 Å². The molecule has 3 aromatic rings. The number of fused-ring (bicyclic) bond motifs is 1. The summed E-state index contributed by atoms with van der Waals surface area (Å²) in [6, 6.07) is 10.1. The summed E-state index contributed by atoms with van der Waals surface area (Å²) in [5, 5.41) is 6.35. The Morgan fingerprint density at radius 1 is 1.12 bits per heavy atom. The predicted octanol–water partition coefficient (Wildman–Crippen LogP) is 3.45. The summed E-state index contributed by atoms with van der Waals surface area (Å²) in [4.78, 5) is 16.6. The van der Waals surface area contributed by atoms with Crippen LogP contribution in [0.4, 0.5) is 5.82 Å². The van der Waals surface area contributed by atoms with E-state index in [0.717, 1.165) is 54.7 Å². The second-order valence-electron chi connectivity index (χ2n) is 9.32. The van der Waals surface area contributed by atoms with Crippen molar-refractivity contribution < 1.29 is 8.42 Å². The number of nitrogens with zero attached hydrogens (tertiary/aromatic N) is 4. The number of likely N-dealkylation sites (tertiary alicyclic amines) is 1. The summed E-state index contributed by atoms with van der Waals surface area (Å²) in [7, 11) is -3.50. The van der Waals surface area contributed by atoms with E-state index in [2.05, 4.69) is 32.1 Å². The molecule has 2 aliphatic rings. The molecule has 2 saturated heterocycles. The Hall–Kier alpha value is -1.72. The Balaban J connectivity index is 1.24. The summed E-state index contributed by atoms with van der Waals surface area (Å²) in [5.74, 6) is 1.99. The van der Waals surface area contributed by atoms with Crippen molar-refractivity contribution in [2.45, 2.75) is 30.9 Å². The van der Waals surface area contributed by atoms with Gasteiger partial charge in [0.25, 0.3) is 0 Å². The van der Waals surface area contributed by atoms with Gasteiger partial charge in [-0.1, -0.05) is 24.3 Å². The van der Waals surface area contributed by atoms with E-state index in [1.807, 2.05) is 36.0 Å². The third-order valence-corrected chi connectivity index (χ3v) is 9.26. The highest BCUT2D eigenvalue weighted by Crippen LogP contribution is 2.43. The number of sulfonamides is 1. The summed E-state index contributed by atoms with van der Waals surface area (Å²) in [6.07, 6.45) is 6.22. The van der Waals surface area contributed by atoms with Crippen molar-refractivity contribution in [2.24, 2.45) is 10.6 Å². The molecule has 1 atom stereocenters. The molecular weight excluding hydrogens is 474 g/mol. The number of hydrogen-bond donors (Lipinski definition) is 1. The van der Waals surface area contributed by atoms with Crippen LogP contribution < -0.4 is 10.0 Å². The maximum atomic E-state index is 11.3. The number of thiophene rings is 1. The molecule has 33 heavy (non-hydrogen) atoms. The van der Waals surface area contributed by atoms with Crippen LogP contribution in [0.5, 0.6) is 0 Å². The lowest BCUT2D eigenvalue weighted by Gasteiger charge is -2.25. The third kappa shape index (κ3) is 5.19. The molecule has 0 bridgehead atoms. The number of benzene rings is 1. The van der Waals surface area contributed by atoms with E-state index in [1.54, 1.807) is 17.7 Å². The number of hydrogen-bond acceptors (Lipinski definition) is 8. The fourth-order valence-electron chi connectivity index (χ4n) is 5.20.